The molecule has 1 aliphatic heterocycles. The molecule has 0 saturated heterocycles. The van der Waals surface area contributed by atoms with E-state index in [4.69, 9.17) is 9.94 Å². The van der Waals surface area contributed by atoms with Crippen molar-refractivity contribution in [2.24, 2.45) is 11.0 Å². The van der Waals surface area contributed by atoms with Crippen LogP contribution in [0.4, 0.5) is 11.5 Å². The van der Waals surface area contributed by atoms with E-state index in [1.807, 2.05) is 47.8 Å². The Bertz CT molecular complexity index is 1050. The smallest absolute Gasteiger partial charge is 0.161 e. The number of benzene rings is 1. The van der Waals surface area contributed by atoms with Crippen molar-refractivity contribution in [3.8, 4) is 0 Å². The van der Waals surface area contributed by atoms with Crippen LogP contribution in [0.5, 0.6) is 0 Å². The average Bonchev–Trinajstić information content (AvgIpc) is 3.38. The summed E-state index contributed by atoms with van der Waals surface area (Å²) in [5.74, 6) is 0.812. The number of hydrogen-bond donors (Lipinski definition) is 1. The van der Waals surface area contributed by atoms with Crippen LogP contribution in [0.15, 0.2) is 48.0 Å². The Morgan fingerprint density at radius 2 is 2.06 bits per heavy atom. The van der Waals surface area contributed by atoms with Gasteiger partial charge in [-0.15, -0.1) is 5.23 Å². The van der Waals surface area contributed by atoms with Gasteiger partial charge in [0.25, 0.3) is 0 Å². The van der Waals surface area contributed by atoms with E-state index in [1.54, 1.807) is 6.33 Å². The first-order chi connectivity index (χ1) is 15.2. The van der Waals surface area contributed by atoms with Gasteiger partial charge in [-0.1, -0.05) is 38.0 Å². The van der Waals surface area contributed by atoms with Gasteiger partial charge in [-0.3, -0.25) is 5.21 Å². The molecule has 3 heterocycles. The molecule has 2 aromatic heterocycles. The first-order valence-corrected chi connectivity index (χ1v) is 11.0. The number of rotatable bonds is 9. The third-order valence-electron chi connectivity index (χ3n) is 5.76. The number of nitrogens with zero attached hydrogens (tertiary/aromatic N) is 6. The van der Waals surface area contributed by atoms with Crippen LogP contribution in [0.1, 0.15) is 51.7 Å². The molecule has 1 N–H and O–H groups in total. The van der Waals surface area contributed by atoms with Crippen LogP contribution < -0.4 is 10.2 Å². The van der Waals surface area contributed by atoms with Gasteiger partial charge in [0, 0.05) is 37.0 Å². The molecular weight excluding hydrogens is 392 g/mol. The van der Waals surface area contributed by atoms with E-state index in [0.717, 1.165) is 53.4 Å². The molecule has 0 radical (unpaired) electrons. The monoisotopic (exact) mass is 422 g/mol. The van der Waals surface area contributed by atoms with E-state index in [9.17, 15) is 5.21 Å². The minimum absolute atomic E-state index is 0.0184. The molecule has 0 spiro atoms. The fourth-order valence-electron chi connectivity index (χ4n) is 4.08. The minimum atomic E-state index is -0.276. The van der Waals surface area contributed by atoms with Gasteiger partial charge in [0.15, 0.2) is 5.82 Å². The van der Waals surface area contributed by atoms with E-state index >= 15 is 0 Å². The molecule has 0 fully saturated rings. The van der Waals surface area contributed by atoms with Gasteiger partial charge < -0.3 is 4.57 Å². The molecule has 3 aromatic rings. The summed E-state index contributed by atoms with van der Waals surface area (Å²) in [6, 6.07) is 9.77. The molecular formula is C23H30N6O2. The van der Waals surface area contributed by atoms with E-state index in [-0.39, 0.29) is 12.0 Å². The Kier molecular flexibility index (Phi) is 6.48. The van der Waals surface area contributed by atoms with Gasteiger partial charge in [-0.25, -0.2) is 19.8 Å². The highest BCUT2D eigenvalue weighted by molar-refractivity contribution is 5.88. The molecule has 8 heteroatoms. The van der Waals surface area contributed by atoms with Crippen molar-refractivity contribution >= 4 is 28.8 Å². The molecule has 0 saturated carbocycles. The zero-order valence-electron chi connectivity index (χ0n) is 18.3. The molecule has 1 aromatic carbocycles. The summed E-state index contributed by atoms with van der Waals surface area (Å²) >= 11 is 0. The molecule has 2 unspecified atom stereocenters. The van der Waals surface area contributed by atoms with Crippen molar-refractivity contribution in [1.29, 1.82) is 0 Å². The van der Waals surface area contributed by atoms with Crippen molar-refractivity contribution < 1.29 is 10.0 Å². The highest BCUT2D eigenvalue weighted by Gasteiger charge is 2.34. The lowest BCUT2D eigenvalue weighted by Crippen LogP contribution is -2.22. The summed E-state index contributed by atoms with van der Waals surface area (Å²) in [5, 5.41) is 18.8. The topological polar surface area (TPSA) is 79.0 Å². The fraction of sp³-hybridized carbons (Fsp3) is 0.435. The standard InChI is InChI=1S/C23H30N6O2/c1-4-7-10-17(21-18-11-8-9-12-20(18)29(30)31-21)15-26-28(6-3)23-19-13-14-27(5-2)22(19)24-16-25-23/h8-9,11-17,21,30H,4-7,10H2,1-3H3/b26-15+. The van der Waals surface area contributed by atoms with Crippen molar-refractivity contribution in [3.63, 3.8) is 0 Å². The summed E-state index contributed by atoms with van der Waals surface area (Å²) < 4.78 is 2.10. The summed E-state index contributed by atoms with van der Waals surface area (Å²) in [6.45, 7) is 7.85. The second-order valence-electron chi connectivity index (χ2n) is 7.68. The molecule has 4 rings (SSSR count). The number of unbranched alkanes of at least 4 members (excludes halogenated alkanes) is 1. The second-order valence-corrected chi connectivity index (χ2v) is 7.68. The second kappa shape index (κ2) is 9.45. The quantitative estimate of drug-likeness (QED) is 0.388. The van der Waals surface area contributed by atoms with Crippen molar-refractivity contribution in [2.75, 3.05) is 16.8 Å². The lowest BCUT2D eigenvalue weighted by Gasteiger charge is -2.22. The Labute approximate surface area is 182 Å². The van der Waals surface area contributed by atoms with Gasteiger partial charge in [-0.05, 0) is 32.4 Å². The fourth-order valence-corrected chi connectivity index (χ4v) is 4.08. The van der Waals surface area contributed by atoms with Crippen LogP contribution >= 0.6 is 0 Å². The van der Waals surface area contributed by atoms with E-state index < -0.39 is 0 Å². The van der Waals surface area contributed by atoms with Gasteiger partial charge in [0.1, 0.15) is 23.8 Å². The third kappa shape index (κ3) is 4.13. The first kappa shape index (κ1) is 21.3. The number of hydrazone groups is 1. The predicted octanol–water partition coefficient (Wildman–Crippen LogP) is 4.95. The zero-order chi connectivity index (χ0) is 21.8. The Morgan fingerprint density at radius 1 is 1.23 bits per heavy atom. The summed E-state index contributed by atoms with van der Waals surface area (Å²) in [4.78, 5) is 14.8. The van der Waals surface area contributed by atoms with Gasteiger partial charge in [0.05, 0.1) is 5.39 Å². The minimum Gasteiger partial charge on any atom is -0.333 e. The zero-order valence-corrected chi connectivity index (χ0v) is 18.3. The van der Waals surface area contributed by atoms with Gasteiger partial charge in [0.2, 0.25) is 0 Å². The Hall–Kier alpha value is -2.97. The van der Waals surface area contributed by atoms with Gasteiger partial charge in [-0.2, -0.15) is 5.10 Å². The van der Waals surface area contributed by atoms with Crippen LogP contribution in [-0.2, 0) is 11.4 Å². The first-order valence-electron chi connectivity index (χ1n) is 11.0. The van der Waals surface area contributed by atoms with Crippen LogP contribution in [0.3, 0.4) is 0 Å². The molecule has 0 amide bonds. The largest absolute Gasteiger partial charge is 0.333 e. The van der Waals surface area contributed by atoms with Crippen LogP contribution in [0.2, 0.25) is 0 Å². The number of aryl methyl sites for hydroxylation is 1. The molecule has 8 nitrogen and oxygen atoms in total. The lowest BCUT2D eigenvalue weighted by molar-refractivity contribution is -0.0787. The molecule has 0 bridgehead atoms. The van der Waals surface area contributed by atoms with Crippen LogP contribution in [0.25, 0.3) is 11.0 Å². The molecule has 1 aliphatic rings. The lowest BCUT2D eigenvalue weighted by atomic mass is 9.92. The summed E-state index contributed by atoms with van der Waals surface area (Å²) in [5.41, 5.74) is 2.57. The normalized spacial score (nSPS) is 16.9. The average molecular weight is 423 g/mol. The van der Waals surface area contributed by atoms with Crippen molar-refractivity contribution in [1.82, 2.24) is 14.5 Å². The number of para-hydroxylation sites is 1. The molecule has 31 heavy (non-hydrogen) atoms. The van der Waals surface area contributed by atoms with Gasteiger partial charge >= 0.3 is 0 Å². The number of aromatic nitrogens is 3. The molecule has 164 valence electrons. The van der Waals surface area contributed by atoms with Crippen molar-refractivity contribution in [2.45, 2.75) is 52.7 Å². The van der Waals surface area contributed by atoms with E-state index in [1.165, 1.54) is 0 Å². The highest BCUT2D eigenvalue weighted by Crippen LogP contribution is 2.41. The predicted molar refractivity (Wildman–Crippen MR) is 122 cm³/mol. The van der Waals surface area contributed by atoms with E-state index in [2.05, 4.69) is 35.3 Å². The van der Waals surface area contributed by atoms with Crippen molar-refractivity contribution in [3.05, 3.63) is 48.4 Å². The highest BCUT2D eigenvalue weighted by atomic mass is 16.9. The Balaban J connectivity index is 1.64. The third-order valence-corrected chi connectivity index (χ3v) is 5.76. The number of anilines is 2. The maximum Gasteiger partial charge on any atom is 0.161 e. The van der Waals surface area contributed by atoms with E-state index in [0.29, 0.717) is 12.2 Å². The number of fused-ring (bicyclic) bond motifs is 2. The van der Waals surface area contributed by atoms with Crippen LogP contribution in [0, 0.1) is 5.92 Å². The maximum atomic E-state index is 10.2. The van der Waals surface area contributed by atoms with Crippen LogP contribution in [-0.4, -0.2) is 32.5 Å². The molecule has 2 atom stereocenters. The maximum absolute atomic E-state index is 10.2. The summed E-state index contributed by atoms with van der Waals surface area (Å²) in [6.07, 6.45) is 8.34. The summed E-state index contributed by atoms with van der Waals surface area (Å²) in [7, 11) is 0. The SMILES string of the molecule is CCCCC(/C=N/N(CC)c1ncnc2c1ccn2CC)C1ON(O)c2ccccc21. The molecule has 0 aliphatic carbocycles. The number of hydrogen-bond acceptors (Lipinski definition) is 7. The Morgan fingerprint density at radius 3 is 2.84 bits per heavy atom.